The van der Waals surface area contributed by atoms with Crippen molar-refractivity contribution in [3.63, 3.8) is 0 Å². The van der Waals surface area contributed by atoms with Crippen LogP contribution in [-0.2, 0) is 19.5 Å². The molecular formula is C24H24N4O4. The van der Waals surface area contributed by atoms with E-state index in [9.17, 15) is 14.4 Å². The average Bonchev–Trinajstić information content (AvgIpc) is 3.54. The summed E-state index contributed by atoms with van der Waals surface area (Å²) >= 11 is 0. The monoisotopic (exact) mass is 432 g/mol. The summed E-state index contributed by atoms with van der Waals surface area (Å²) in [6.07, 6.45) is 5.54. The molecule has 1 fully saturated rings. The van der Waals surface area contributed by atoms with Crippen LogP contribution in [0.15, 0.2) is 58.2 Å². The highest BCUT2D eigenvalue weighted by molar-refractivity contribution is 5.96. The smallest absolute Gasteiger partial charge is 0.276 e. The van der Waals surface area contributed by atoms with E-state index < -0.39 is 0 Å². The predicted octanol–water partition coefficient (Wildman–Crippen LogP) is 2.32. The Bertz CT molecular complexity index is 1190. The number of nitrogens with zero attached hydrogens (tertiary/aromatic N) is 4. The van der Waals surface area contributed by atoms with Gasteiger partial charge in [-0.1, -0.05) is 35.5 Å². The normalized spacial score (nSPS) is 15.6. The Balaban J connectivity index is 1.55. The molecule has 0 atom stereocenters. The molecule has 4 heterocycles. The number of likely N-dealkylation sites (tertiary alicyclic amines) is 1. The Labute approximate surface area is 185 Å². The number of carbonyl (C=O) groups is 2. The number of aromatic nitrogens is 2. The van der Waals surface area contributed by atoms with Crippen LogP contribution >= 0.6 is 0 Å². The number of benzene rings is 1. The molecule has 0 aliphatic carbocycles. The molecule has 0 bridgehead atoms. The number of hydrogen-bond donors (Lipinski definition) is 0. The molecule has 2 aliphatic heterocycles. The second-order valence-electron chi connectivity index (χ2n) is 8.29. The Morgan fingerprint density at radius 1 is 0.969 bits per heavy atom. The Kier molecular flexibility index (Phi) is 5.34. The first kappa shape index (κ1) is 20.2. The molecule has 2 aliphatic rings. The fraction of sp³-hybridized carbons (Fsp3) is 0.333. The van der Waals surface area contributed by atoms with Crippen LogP contribution in [0.1, 0.15) is 50.4 Å². The van der Waals surface area contributed by atoms with Crippen LogP contribution < -0.4 is 5.56 Å². The summed E-state index contributed by atoms with van der Waals surface area (Å²) in [5.74, 6) is -0.417. The zero-order valence-electron chi connectivity index (χ0n) is 17.7. The number of hydrogen-bond acceptors (Lipinski definition) is 5. The van der Waals surface area contributed by atoms with E-state index in [1.165, 1.54) is 12.3 Å². The molecule has 0 radical (unpaired) electrons. The largest absolute Gasteiger partial charge is 0.364 e. The number of carbonyl (C=O) groups excluding carboxylic acids is 2. The van der Waals surface area contributed by atoms with E-state index in [0.717, 1.165) is 29.5 Å². The lowest BCUT2D eigenvalue weighted by Crippen LogP contribution is -2.42. The Morgan fingerprint density at radius 3 is 2.47 bits per heavy atom. The van der Waals surface area contributed by atoms with Gasteiger partial charge in [-0.05, 0) is 36.0 Å². The van der Waals surface area contributed by atoms with Gasteiger partial charge in [0.15, 0.2) is 5.69 Å². The molecule has 0 spiro atoms. The van der Waals surface area contributed by atoms with Crippen molar-refractivity contribution in [2.24, 2.45) is 0 Å². The number of rotatable bonds is 4. The van der Waals surface area contributed by atoms with Gasteiger partial charge in [-0.2, -0.15) is 0 Å². The average molecular weight is 432 g/mol. The van der Waals surface area contributed by atoms with Crippen LogP contribution in [-0.4, -0.2) is 51.0 Å². The minimum Gasteiger partial charge on any atom is -0.364 e. The number of amides is 2. The SMILES string of the molecule is O=C(c1ccon1)N1CCc2c(cn(Cc3ccccc3)c(=O)c2C(=O)N2CCCC2)C1. The molecule has 8 nitrogen and oxygen atoms in total. The first-order valence-corrected chi connectivity index (χ1v) is 10.9. The lowest BCUT2D eigenvalue weighted by atomic mass is 9.95. The van der Waals surface area contributed by atoms with E-state index >= 15 is 0 Å². The van der Waals surface area contributed by atoms with Gasteiger partial charge in [-0.15, -0.1) is 0 Å². The van der Waals surface area contributed by atoms with Gasteiger partial charge in [-0.3, -0.25) is 14.4 Å². The third-order valence-corrected chi connectivity index (χ3v) is 6.22. The Morgan fingerprint density at radius 2 is 1.75 bits per heavy atom. The summed E-state index contributed by atoms with van der Waals surface area (Å²) in [5, 5.41) is 3.75. The maximum atomic E-state index is 13.5. The summed E-state index contributed by atoms with van der Waals surface area (Å²) in [6, 6.07) is 11.2. The van der Waals surface area contributed by atoms with E-state index in [1.54, 1.807) is 20.6 Å². The van der Waals surface area contributed by atoms with Crippen molar-refractivity contribution in [1.82, 2.24) is 19.5 Å². The predicted molar refractivity (Wildman–Crippen MR) is 116 cm³/mol. The molecule has 0 saturated carbocycles. The van der Waals surface area contributed by atoms with Crippen molar-refractivity contribution in [1.29, 1.82) is 0 Å². The molecule has 5 rings (SSSR count). The summed E-state index contributed by atoms with van der Waals surface area (Å²) in [4.78, 5) is 43.1. The van der Waals surface area contributed by atoms with Gasteiger partial charge in [0.05, 0.1) is 6.54 Å². The first-order valence-electron chi connectivity index (χ1n) is 10.9. The van der Waals surface area contributed by atoms with Gasteiger partial charge < -0.3 is 18.9 Å². The van der Waals surface area contributed by atoms with Gasteiger partial charge >= 0.3 is 0 Å². The highest BCUT2D eigenvalue weighted by Gasteiger charge is 2.31. The highest BCUT2D eigenvalue weighted by Crippen LogP contribution is 2.24. The second-order valence-corrected chi connectivity index (χ2v) is 8.29. The molecule has 0 N–H and O–H groups in total. The van der Waals surface area contributed by atoms with Crippen molar-refractivity contribution < 1.29 is 14.1 Å². The zero-order valence-corrected chi connectivity index (χ0v) is 17.7. The summed E-state index contributed by atoms with van der Waals surface area (Å²) in [7, 11) is 0. The molecule has 0 unspecified atom stereocenters. The maximum absolute atomic E-state index is 13.5. The van der Waals surface area contributed by atoms with Crippen molar-refractivity contribution in [3.8, 4) is 0 Å². The molecule has 32 heavy (non-hydrogen) atoms. The molecule has 2 amide bonds. The van der Waals surface area contributed by atoms with Crippen LogP contribution in [0, 0.1) is 0 Å². The first-order chi connectivity index (χ1) is 15.6. The maximum Gasteiger partial charge on any atom is 0.276 e. The van der Waals surface area contributed by atoms with E-state index in [2.05, 4.69) is 5.16 Å². The molecule has 164 valence electrons. The minimum atomic E-state index is -0.263. The topological polar surface area (TPSA) is 88.6 Å². The van der Waals surface area contributed by atoms with Crippen LogP contribution in [0.2, 0.25) is 0 Å². The van der Waals surface area contributed by atoms with Gasteiger partial charge in [0.25, 0.3) is 17.4 Å². The van der Waals surface area contributed by atoms with Gasteiger partial charge in [0.1, 0.15) is 11.8 Å². The molecule has 1 aromatic carbocycles. The highest BCUT2D eigenvalue weighted by atomic mass is 16.5. The summed E-state index contributed by atoms with van der Waals surface area (Å²) in [5.41, 5.74) is 2.81. The van der Waals surface area contributed by atoms with E-state index in [4.69, 9.17) is 4.52 Å². The van der Waals surface area contributed by atoms with Crippen LogP contribution in [0.25, 0.3) is 0 Å². The van der Waals surface area contributed by atoms with Crippen LogP contribution in [0.5, 0.6) is 0 Å². The Hall–Kier alpha value is -3.68. The minimum absolute atomic E-state index is 0.192. The van der Waals surface area contributed by atoms with E-state index in [0.29, 0.717) is 39.1 Å². The van der Waals surface area contributed by atoms with Gasteiger partial charge in [0, 0.05) is 38.4 Å². The molecule has 8 heteroatoms. The quantitative estimate of drug-likeness (QED) is 0.631. The second kappa shape index (κ2) is 8.45. The fourth-order valence-corrected chi connectivity index (χ4v) is 4.57. The lowest BCUT2D eigenvalue weighted by molar-refractivity contribution is 0.0722. The zero-order chi connectivity index (χ0) is 22.1. The van der Waals surface area contributed by atoms with E-state index in [-0.39, 0.29) is 28.6 Å². The van der Waals surface area contributed by atoms with Gasteiger partial charge in [-0.25, -0.2) is 0 Å². The third-order valence-electron chi connectivity index (χ3n) is 6.22. The van der Waals surface area contributed by atoms with Crippen molar-refractivity contribution >= 4 is 11.8 Å². The number of pyridine rings is 1. The molecule has 2 aromatic heterocycles. The summed E-state index contributed by atoms with van der Waals surface area (Å²) < 4.78 is 6.41. The third kappa shape index (κ3) is 3.72. The summed E-state index contributed by atoms with van der Waals surface area (Å²) in [6.45, 7) is 2.46. The molecule has 3 aromatic rings. The van der Waals surface area contributed by atoms with Crippen molar-refractivity contribution in [2.45, 2.75) is 32.4 Å². The van der Waals surface area contributed by atoms with Gasteiger partial charge in [0.2, 0.25) is 0 Å². The van der Waals surface area contributed by atoms with Crippen molar-refractivity contribution in [3.05, 3.63) is 87.2 Å². The molecular weight excluding hydrogens is 408 g/mol. The van der Waals surface area contributed by atoms with E-state index in [1.807, 2.05) is 30.3 Å². The lowest BCUT2D eigenvalue weighted by Gasteiger charge is -2.30. The standard InChI is InChI=1S/C24H24N4O4/c29-22(20-9-13-32-25-20)27-12-8-19-18(15-27)16-28(14-17-6-2-1-3-7-17)24(31)21(19)23(30)26-10-4-5-11-26/h1-3,6-7,9,13,16H,4-5,8,10-12,14-15H2. The van der Waals surface area contributed by atoms with Crippen LogP contribution in [0.4, 0.5) is 0 Å². The van der Waals surface area contributed by atoms with Crippen LogP contribution in [0.3, 0.4) is 0 Å². The molecule has 1 saturated heterocycles. The number of fused-ring (bicyclic) bond motifs is 1. The van der Waals surface area contributed by atoms with Crippen molar-refractivity contribution in [2.75, 3.05) is 19.6 Å². The fourth-order valence-electron chi connectivity index (χ4n) is 4.57.